The smallest absolute Gasteiger partial charge is 0.327 e. The molecule has 2 unspecified atom stereocenters. The van der Waals surface area contributed by atoms with Gasteiger partial charge >= 0.3 is 11.7 Å². The molecular weight excluding hydrogens is 573 g/mol. The van der Waals surface area contributed by atoms with Crippen LogP contribution in [-0.2, 0) is 17.6 Å². The molecule has 0 spiro atoms. The van der Waals surface area contributed by atoms with Crippen molar-refractivity contribution >= 4 is 40.7 Å². The maximum Gasteiger partial charge on any atom is 0.327 e. The summed E-state index contributed by atoms with van der Waals surface area (Å²) in [4.78, 5) is 44.2. The van der Waals surface area contributed by atoms with E-state index in [1.165, 1.54) is 11.1 Å². The molecule has 42 heavy (non-hydrogen) atoms. The highest BCUT2D eigenvalue weighted by Crippen LogP contribution is 2.38. The van der Waals surface area contributed by atoms with Crippen molar-refractivity contribution in [3.8, 4) is 0 Å². The SMILES string of the molecule is Cc1cc2c(cc1C)N(CCCC(CCCC(=O)O)CCCc1ccc(Cl)c(Cl)c1)c1[nH]c(=O)[nH]c(=O)c1C(C)CC2. The molecule has 3 aromatic rings. The predicted octanol–water partition coefficient (Wildman–Crippen LogP) is 7.85. The summed E-state index contributed by atoms with van der Waals surface area (Å²) in [5.41, 5.74) is 5.57. The predicted molar refractivity (Wildman–Crippen MR) is 171 cm³/mol. The third kappa shape index (κ3) is 8.07. The number of aliphatic carboxylic acids is 1. The fourth-order valence-corrected chi connectivity index (χ4v) is 6.46. The van der Waals surface area contributed by atoms with E-state index in [1.54, 1.807) is 0 Å². The van der Waals surface area contributed by atoms with E-state index in [-0.39, 0.29) is 17.9 Å². The van der Waals surface area contributed by atoms with Crippen molar-refractivity contribution in [3.05, 3.63) is 89.0 Å². The van der Waals surface area contributed by atoms with E-state index in [9.17, 15) is 19.5 Å². The summed E-state index contributed by atoms with van der Waals surface area (Å²) < 4.78 is 0. The molecule has 2 heterocycles. The van der Waals surface area contributed by atoms with E-state index >= 15 is 0 Å². The van der Waals surface area contributed by atoms with Gasteiger partial charge in [0, 0.05) is 18.7 Å². The first-order valence-corrected chi connectivity index (χ1v) is 15.7. The topological polar surface area (TPSA) is 106 Å². The molecule has 0 bridgehead atoms. The number of hydrogen-bond donors (Lipinski definition) is 3. The highest BCUT2D eigenvalue weighted by Gasteiger charge is 2.27. The van der Waals surface area contributed by atoms with Gasteiger partial charge < -0.3 is 10.0 Å². The fraction of sp³-hybridized carbons (Fsp3) is 0.485. The Kier molecular flexibility index (Phi) is 11.0. The number of carbonyl (C=O) groups is 1. The van der Waals surface area contributed by atoms with Gasteiger partial charge in [0.05, 0.1) is 15.6 Å². The van der Waals surface area contributed by atoms with Crippen molar-refractivity contribution in [2.45, 2.75) is 90.9 Å². The minimum Gasteiger partial charge on any atom is -0.481 e. The van der Waals surface area contributed by atoms with Gasteiger partial charge in [0.1, 0.15) is 5.82 Å². The van der Waals surface area contributed by atoms with Crippen LogP contribution in [0.25, 0.3) is 0 Å². The van der Waals surface area contributed by atoms with Crippen molar-refractivity contribution in [1.82, 2.24) is 9.97 Å². The summed E-state index contributed by atoms with van der Waals surface area (Å²) in [5.74, 6) is 0.163. The minimum atomic E-state index is -0.771. The molecule has 1 aromatic heterocycles. The van der Waals surface area contributed by atoms with Gasteiger partial charge in [-0.15, -0.1) is 0 Å². The molecular formula is C33H41Cl2N3O4. The average molecular weight is 615 g/mol. The number of nitrogens with zero attached hydrogens (tertiary/aromatic N) is 1. The number of fused-ring (bicyclic) bond motifs is 2. The summed E-state index contributed by atoms with van der Waals surface area (Å²) >= 11 is 12.3. The van der Waals surface area contributed by atoms with Crippen LogP contribution in [0.1, 0.15) is 92.0 Å². The van der Waals surface area contributed by atoms with Gasteiger partial charge in [-0.25, -0.2) is 4.79 Å². The van der Waals surface area contributed by atoms with Crippen LogP contribution in [0.3, 0.4) is 0 Å². The zero-order chi connectivity index (χ0) is 30.4. The number of carboxylic acid groups (broad SMARTS) is 1. The Balaban J connectivity index is 1.55. The van der Waals surface area contributed by atoms with Crippen molar-refractivity contribution in [2.24, 2.45) is 5.92 Å². The number of aromatic nitrogens is 2. The Morgan fingerprint density at radius 3 is 2.45 bits per heavy atom. The van der Waals surface area contributed by atoms with Crippen LogP contribution in [0.4, 0.5) is 11.5 Å². The molecule has 0 amide bonds. The Morgan fingerprint density at radius 2 is 1.71 bits per heavy atom. The number of H-pyrrole nitrogens is 2. The first-order valence-electron chi connectivity index (χ1n) is 14.9. The molecule has 0 aliphatic carbocycles. The van der Waals surface area contributed by atoms with Gasteiger partial charge in [0.15, 0.2) is 0 Å². The number of anilines is 2. The summed E-state index contributed by atoms with van der Waals surface area (Å²) in [6.45, 7) is 6.88. The second-order valence-electron chi connectivity index (χ2n) is 11.8. The molecule has 2 aromatic carbocycles. The highest BCUT2D eigenvalue weighted by molar-refractivity contribution is 6.42. The van der Waals surface area contributed by atoms with E-state index < -0.39 is 11.7 Å². The quantitative estimate of drug-likeness (QED) is 0.193. The Morgan fingerprint density at radius 1 is 1.00 bits per heavy atom. The van der Waals surface area contributed by atoms with Gasteiger partial charge in [-0.2, -0.15) is 0 Å². The third-order valence-corrected chi connectivity index (χ3v) is 9.35. The fourth-order valence-electron chi connectivity index (χ4n) is 6.14. The molecule has 2 atom stereocenters. The number of nitrogens with one attached hydrogen (secondary N) is 2. The normalized spacial score (nSPS) is 15.5. The third-order valence-electron chi connectivity index (χ3n) is 8.61. The first kappa shape index (κ1) is 31.9. The van der Waals surface area contributed by atoms with Crippen molar-refractivity contribution < 1.29 is 9.90 Å². The zero-order valence-corrected chi connectivity index (χ0v) is 26.2. The van der Waals surface area contributed by atoms with Crippen LogP contribution in [0.15, 0.2) is 39.9 Å². The first-order chi connectivity index (χ1) is 20.0. The van der Waals surface area contributed by atoms with Crippen LogP contribution in [0.2, 0.25) is 10.0 Å². The monoisotopic (exact) mass is 613 g/mol. The Bertz CT molecular complexity index is 1530. The highest BCUT2D eigenvalue weighted by atomic mass is 35.5. The average Bonchev–Trinajstić information content (AvgIpc) is 2.92. The van der Waals surface area contributed by atoms with E-state index in [0.29, 0.717) is 40.3 Å². The second kappa shape index (κ2) is 14.4. The molecule has 0 saturated heterocycles. The number of halogens is 2. The summed E-state index contributed by atoms with van der Waals surface area (Å²) in [5, 5.41) is 10.3. The molecule has 0 radical (unpaired) electrons. The Hall–Kier alpha value is -3.03. The van der Waals surface area contributed by atoms with Crippen LogP contribution >= 0.6 is 23.2 Å². The lowest BCUT2D eigenvalue weighted by Gasteiger charge is -2.33. The van der Waals surface area contributed by atoms with Crippen LogP contribution in [-0.4, -0.2) is 27.6 Å². The van der Waals surface area contributed by atoms with E-state index in [1.807, 2.05) is 25.1 Å². The number of aromatic amines is 2. The number of aryl methyl sites for hydroxylation is 4. The summed E-state index contributed by atoms with van der Waals surface area (Å²) in [7, 11) is 0. The molecule has 7 nitrogen and oxygen atoms in total. The van der Waals surface area contributed by atoms with Gasteiger partial charge in [-0.3, -0.25) is 19.6 Å². The van der Waals surface area contributed by atoms with Gasteiger partial charge in [0.25, 0.3) is 5.56 Å². The standard InChI is InChI=1S/C33H41Cl2N3O4/c1-20-12-14-25-17-21(2)22(3)18-28(25)38(31-30(20)32(41)37-33(42)36-31)16-6-10-23(8-5-11-29(39)40)7-4-9-24-13-15-26(34)27(35)19-24/h13,15,17-20,23H,4-12,14,16H2,1-3H3,(H,39,40)(H2,36,37,41,42). The van der Waals surface area contributed by atoms with Crippen molar-refractivity contribution in [1.29, 1.82) is 0 Å². The van der Waals surface area contributed by atoms with Crippen molar-refractivity contribution in [3.63, 3.8) is 0 Å². The maximum atomic E-state index is 13.0. The lowest BCUT2D eigenvalue weighted by Crippen LogP contribution is -2.34. The molecule has 226 valence electrons. The van der Waals surface area contributed by atoms with Crippen LogP contribution < -0.4 is 16.1 Å². The lowest BCUT2D eigenvalue weighted by molar-refractivity contribution is -0.137. The van der Waals surface area contributed by atoms with Crippen molar-refractivity contribution in [2.75, 3.05) is 11.4 Å². The zero-order valence-electron chi connectivity index (χ0n) is 24.7. The maximum absolute atomic E-state index is 13.0. The number of carboxylic acids is 1. The molecule has 3 N–H and O–H groups in total. The molecule has 1 aliphatic rings. The van der Waals surface area contributed by atoms with Crippen LogP contribution in [0.5, 0.6) is 0 Å². The number of benzene rings is 2. The summed E-state index contributed by atoms with van der Waals surface area (Å²) in [6.07, 6.45) is 7.86. The van der Waals surface area contributed by atoms with E-state index in [2.05, 4.69) is 40.8 Å². The number of rotatable bonds is 12. The second-order valence-corrected chi connectivity index (χ2v) is 12.6. The van der Waals surface area contributed by atoms with E-state index in [4.69, 9.17) is 23.2 Å². The van der Waals surface area contributed by atoms with Gasteiger partial charge in [0.2, 0.25) is 0 Å². The summed E-state index contributed by atoms with van der Waals surface area (Å²) in [6, 6.07) is 10.1. The Labute approximate surface area is 257 Å². The molecule has 0 fully saturated rings. The molecule has 0 saturated carbocycles. The molecule has 4 rings (SSSR count). The molecule has 1 aliphatic heterocycles. The largest absolute Gasteiger partial charge is 0.481 e. The lowest BCUT2D eigenvalue weighted by atomic mass is 9.89. The van der Waals surface area contributed by atoms with Gasteiger partial charge in [-0.05, 0) is 118 Å². The van der Waals surface area contributed by atoms with Gasteiger partial charge in [-0.1, -0.05) is 48.7 Å². The molecule has 9 heteroatoms. The van der Waals surface area contributed by atoms with E-state index in [0.717, 1.165) is 68.2 Å². The number of hydrogen-bond acceptors (Lipinski definition) is 4. The van der Waals surface area contributed by atoms with Crippen LogP contribution in [0, 0.1) is 19.8 Å². The minimum absolute atomic E-state index is 0.0111.